The Labute approximate surface area is 189 Å². The van der Waals surface area contributed by atoms with Gasteiger partial charge in [0.1, 0.15) is 5.75 Å². The normalized spacial score (nSPS) is 19.4. The highest BCUT2D eigenvalue weighted by molar-refractivity contribution is 6.01. The Morgan fingerprint density at radius 2 is 1.88 bits per heavy atom. The fraction of sp³-hybridized carbons (Fsp3) is 0.385. The van der Waals surface area contributed by atoms with Crippen molar-refractivity contribution in [2.75, 3.05) is 23.9 Å². The smallest absolute Gasteiger partial charge is 0.239 e. The van der Waals surface area contributed by atoms with E-state index in [1.165, 1.54) is 0 Å². The second-order valence-corrected chi connectivity index (χ2v) is 9.37. The summed E-state index contributed by atoms with van der Waals surface area (Å²) in [5, 5.41) is 6.53. The molecule has 168 valence electrons. The first-order valence-corrected chi connectivity index (χ1v) is 11.1. The van der Waals surface area contributed by atoms with Crippen LogP contribution < -0.4 is 20.3 Å². The minimum Gasteiger partial charge on any atom is -0.496 e. The number of ketones is 1. The molecule has 1 unspecified atom stereocenters. The van der Waals surface area contributed by atoms with E-state index in [1.807, 2.05) is 60.4 Å². The Morgan fingerprint density at radius 1 is 1.16 bits per heavy atom. The number of fused-ring (bicyclic) bond motifs is 1. The first-order valence-electron chi connectivity index (χ1n) is 11.1. The summed E-state index contributed by atoms with van der Waals surface area (Å²) >= 11 is 0. The number of methoxy groups -OCH3 is 1. The van der Waals surface area contributed by atoms with Crippen LogP contribution in [0.25, 0.3) is 0 Å². The van der Waals surface area contributed by atoms with Gasteiger partial charge in [-0.3, -0.25) is 9.59 Å². The lowest BCUT2D eigenvalue weighted by molar-refractivity contribution is -0.120. The summed E-state index contributed by atoms with van der Waals surface area (Å²) in [5.74, 6) is 0.796. The fourth-order valence-corrected chi connectivity index (χ4v) is 4.76. The van der Waals surface area contributed by atoms with Crippen molar-refractivity contribution in [1.29, 1.82) is 0 Å². The summed E-state index contributed by atoms with van der Waals surface area (Å²) in [6, 6.07) is 15.4. The van der Waals surface area contributed by atoms with Gasteiger partial charge in [0.2, 0.25) is 5.91 Å². The first kappa shape index (κ1) is 21.9. The number of hydrogen-bond acceptors (Lipinski definition) is 5. The zero-order valence-corrected chi connectivity index (χ0v) is 19.2. The molecule has 2 aromatic rings. The van der Waals surface area contributed by atoms with E-state index >= 15 is 0 Å². The van der Waals surface area contributed by atoms with Crippen molar-refractivity contribution in [3.63, 3.8) is 0 Å². The SMILES string of the molecule is COc1ccccc1CNC(=O)CN1c2ccccc2NC2=C(C(=O)CC(C)(C)C2)C1C. The molecule has 32 heavy (non-hydrogen) atoms. The maximum Gasteiger partial charge on any atom is 0.239 e. The van der Waals surface area contributed by atoms with Crippen molar-refractivity contribution < 1.29 is 14.3 Å². The van der Waals surface area contributed by atoms with Crippen LogP contribution in [0.3, 0.4) is 0 Å². The quantitative estimate of drug-likeness (QED) is 0.737. The summed E-state index contributed by atoms with van der Waals surface area (Å²) in [6.07, 6.45) is 1.32. The van der Waals surface area contributed by atoms with E-state index in [2.05, 4.69) is 24.5 Å². The topological polar surface area (TPSA) is 70.7 Å². The molecule has 1 amide bonds. The highest BCUT2D eigenvalue weighted by Gasteiger charge is 2.39. The van der Waals surface area contributed by atoms with E-state index in [1.54, 1.807) is 7.11 Å². The van der Waals surface area contributed by atoms with Crippen molar-refractivity contribution in [2.24, 2.45) is 5.41 Å². The number of rotatable bonds is 5. The van der Waals surface area contributed by atoms with Crippen molar-refractivity contribution in [2.45, 2.75) is 46.2 Å². The summed E-state index contributed by atoms with van der Waals surface area (Å²) in [4.78, 5) is 28.1. The van der Waals surface area contributed by atoms with Crippen LogP contribution in [-0.2, 0) is 16.1 Å². The van der Waals surface area contributed by atoms with Crippen molar-refractivity contribution >= 4 is 23.1 Å². The maximum absolute atomic E-state index is 13.1. The third-order valence-corrected chi connectivity index (χ3v) is 6.29. The molecule has 6 nitrogen and oxygen atoms in total. The van der Waals surface area contributed by atoms with Crippen molar-refractivity contribution in [3.05, 3.63) is 65.4 Å². The number of nitrogens with one attached hydrogen (secondary N) is 2. The molecule has 1 heterocycles. The van der Waals surface area contributed by atoms with Crippen LogP contribution in [0.2, 0.25) is 0 Å². The lowest BCUT2D eigenvalue weighted by atomic mass is 9.74. The highest BCUT2D eigenvalue weighted by atomic mass is 16.5. The number of carbonyl (C=O) groups is 2. The Bertz CT molecular complexity index is 1070. The van der Waals surface area contributed by atoms with Crippen molar-refractivity contribution in [3.8, 4) is 5.75 Å². The van der Waals surface area contributed by atoms with Crippen LogP contribution in [0.4, 0.5) is 11.4 Å². The molecule has 2 aromatic carbocycles. The molecule has 1 atom stereocenters. The van der Waals surface area contributed by atoms with Gasteiger partial charge in [-0.05, 0) is 37.0 Å². The van der Waals surface area contributed by atoms with Gasteiger partial charge in [-0.15, -0.1) is 0 Å². The average Bonchev–Trinajstić information content (AvgIpc) is 2.86. The molecule has 6 heteroatoms. The average molecular weight is 434 g/mol. The van der Waals surface area contributed by atoms with Crippen LogP contribution in [0.1, 0.15) is 39.2 Å². The number of nitrogens with zero attached hydrogens (tertiary/aromatic N) is 1. The Morgan fingerprint density at radius 3 is 2.66 bits per heavy atom. The first-order chi connectivity index (χ1) is 15.3. The van der Waals surface area contributed by atoms with Crippen LogP contribution in [0.15, 0.2) is 59.8 Å². The molecule has 1 aliphatic heterocycles. The van der Waals surface area contributed by atoms with Gasteiger partial charge >= 0.3 is 0 Å². The predicted molar refractivity (Wildman–Crippen MR) is 127 cm³/mol. The Hall–Kier alpha value is -3.28. The highest BCUT2D eigenvalue weighted by Crippen LogP contribution is 2.43. The second kappa shape index (κ2) is 8.69. The van der Waals surface area contributed by atoms with E-state index < -0.39 is 0 Å². The van der Waals surface area contributed by atoms with Crippen LogP contribution >= 0.6 is 0 Å². The third-order valence-electron chi connectivity index (χ3n) is 6.29. The van der Waals surface area contributed by atoms with Crippen molar-refractivity contribution in [1.82, 2.24) is 5.32 Å². The monoisotopic (exact) mass is 433 g/mol. The predicted octanol–water partition coefficient (Wildman–Crippen LogP) is 4.28. The number of para-hydroxylation sites is 3. The molecule has 0 saturated heterocycles. The van der Waals surface area contributed by atoms with Gasteiger partial charge in [0, 0.05) is 29.8 Å². The number of benzene rings is 2. The molecule has 2 aliphatic rings. The van der Waals surface area contributed by atoms with E-state index in [-0.39, 0.29) is 29.7 Å². The molecule has 4 rings (SSSR count). The number of anilines is 2. The minimum absolute atomic E-state index is 0.0845. The molecule has 0 fully saturated rings. The fourth-order valence-electron chi connectivity index (χ4n) is 4.76. The molecular formula is C26H31N3O3. The number of amides is 1. The minimum atomic E-state index is -0.207. The maximum atomic E-state index is 13.1. The van der Waals surface area contributed by atoms with Gasteiger partial charge in [-0.25, -0.2) is 0 Å². The zero-order valence-electron chi connectivity index (χ0n) is 19.2. The van der Waals surface area contributed by atoms with Gasteiger partial charge in [-0.1, -0.05) is 44.2 Å². The molecule has 2 N–H and O–H groups in total. The van der Waals surface area contributed by atoms with Crippen LogP contribution in [0.5, 0.6) is 5.75 Å². The molecule has 0 spiro atoms. The molecular weight excluding hydrogens is 402 g/mol. The van der Waals surface area contributed by atoms with E-state index in [4.69, 9.17) is 4.74 Å². The standard InChI is InChI=1S/C26H31N3O3/c1-17-25-20(13-26(2,3)14-22(25)30)28-19-10-6-7-11-21(19)29(17)16-24(31)27-15-18-9-5-8-12-23(18)32-4/h5-12,17,28H,13-16H2,1-4H3,(H,27,31). The molecule has 0 saturated carbocycles. The lowest BCUT2D eigenvalue weighted by Gasteiger charge is -2.36. The number of allylic oxidation sites excluding steroid dienone is 1. The third kappa shape index (κ3) is 4.35. The van der Waals surface area contributed by atoms with Crippen LogP contribution in [0, 0.1) is 5.41 Å². The number of Topliss-reactive ketones (excluding diaryl/α,β-unsaturated/α-hetero) is 1. The number of hydrogen-bond donors (Lipinski definition) is 2. The van der Waals surface area contributed by atoms with E-state index in [9.17, 15) is 9.59 Å². The summed E-state index contributed by atoms with van der Waals surface area (Å²) in [7, 11) is 1.62. The summed E-state index contributed by atoms with van der Waals surface area (Å²) < 4.78 is 5.38. The lowest BCUT2D eigenvalue weighted by Crippen LogP contribution is -2.44. The second-order valence-electron chi connectivity index (χ2n) is 9.37. The molecule has 1 aliphatic carbocycles. The zero-order chi connectivity index (χ0) is 22.9. The molecule has 0 aromatic heterocycles. The Balaban J connectivity index is 1.59. The summed E-state index contributed by atoms with van der Waals surface area (Å²) in [6.45, 7) is 6.80. The van der Waals surface area contributed by atoms with E-state index in [0.29, 0.717) is 13.0 Å². The van der Waals surface area contributed by atoms with Gasteiger partial charge in [0.05, 0.1) is 31.1 Å². The van der Waals surface area contributed by atoms with Crippen LogP contribution in [-0.4, -0.2) is 31.4 Å². The Kier molecular flexibility index (Phi) is 5.96. The summed E-state index contributed by atoms with van der Waals surface area (Å²) in [5.41, 5.74) is 4.45. The van der Waals surface area contributed by atoms with E-state index in [0.717, 1.165) is 40.4 Å². The largest absolute Gasteiger partial charge is 0.496 e. The van der Waals surface area contributed by atoms with Gasteiger partial charge in [0.25, 0.3) is 0 Å². The molecule has 0 radical (unpaired) electrons. The van der Waals surface area contributed by atoms with Gasteiger partial charge < -0.3 is 20.3 Å². The number of ether oxygens (including phenoxy) is 1. The molecule has 0 bridgehead atoms. The van der Waals surface area contributed by atoms with Gasteiger partial charge in [0.15, 0.2) is 5.78 Å². The van der Waals surface area contributed by atoms with Gasteiger partial charge in [-0.2, -0.15) is 0 Å². The number of carbonyl (C=O) groups excluding carboxylic acids is 2.